The highest BCUT2D eigenvalue weighted by molar-refractivity contribution is 5.85. The monoisotopic (exact) mass is 251 g/mol. The van der Waals surface area contributed by atoms with Gasteiger partial charge in [0.05, 0.1) is 12.0 Å². The van der Waals surface area contributed by atoms with E-state index >= 15 is 0 Å². The van der Waals surface area contributed by atoms with Crippen LogP contribution in [0.3, 0.4) is 0 Å². The molecule has 0 saturated heterocycles. The number of hydrogen-bond donors (Lipinski definition) is 1. The molecule has 4 nitrogen and oxygen atoms in total. The molecule has 0 radical (unpaired) electrons. The highest BCUT2D eigenvalue weighted by Crippen LogP contribution is 2.04. The molecule has 0 atom stereocenters. The molecule has 0 amide bonds. The van der Waals surface area contributed by atoms with E-state index in [1.807, 2.05) is 6.92 Å². The third-order valence-corrected chi connectivity index (χ3v) is 2.41. The summed E-state index contributed by atoms with van der Waals surface area (Å²) in [5.41, 5.74) is 1.94. The van der Waals surface area contributed by atoms with Crippen molar-refractivity contribution in [3.8, 4) is 0 Å². The van der Waals surface area contributed by atoms with E-state index in [9.17, 15) is 4.79 Å². The molecule has 0 bridgehead atoms. The summed E-state index contributed by atoms with van der Waals surface area (Å²) in [5, 5.41) is 3.19. The van der Waals surface area contributed by atoms with Gasteiger partial charge >= 0.3 is 0 Å². The van der Waals surface area contributed by atoms with Crippen molar-refractivity contribution >= 4 is 24.8 Å². The Morgan fingerprint density at radius 2 is 2.27 bits per heavy atom. The predicted octanol–water partition coefficient (Wildman–Crippen LogP) is 0.752. The molecule has 0 aliphatic carbocycles. The Balaban J connectivity index is 0.000000980. The SMILES string of the molecule is CCn1cnc2c(c1=O)CCNC2.Cl.Cl. The molecular weight excluding hydrogens is 237 g/mol. The largest absolute Gasteiger partial charge is 0.311 e. The van der Waals surface area contributed by atoms with E-state index in [-0.39, 0.29) is 30.4 Å². The molecule has 1 aliphatic rings. The second-order valence-electron chi connectivity index (χ2n) is 3.19. The van der Waals surface area contributed by atoms with Crippen molar-refractivity contribution in [2.45, 2.75) is 26.4 Å². The quantitative estimate of drug-likeness (QED) is 0.802. The lowest BCUT2D eigenvalue weighted by atomic mass is 10.1. The van der Waals surface area contributed by atoms with Crippen LogP contribution in [0.2, 0.25) is 0 Å². The fraction of sp³-hybridized carbons (Fsp3) is 0.556. The van der Waals surface area contributed by atoms with Crippen LogP contribution in [0.1, 0.15) is 18.2 Å². The zero-order valence-electron chi connectivity index (χ0n) is 8.52. The average molecular weight is 252 g/mol. The summed E-state index contributed by atoms with van der Waals surface area (Å²) in [6, 6.07) is 0. The molecule has 0 aromatic carbocycles. The van der Waals surface area contributed by atoms with Crippen molar-refractivity contribution in [3.05, 3.63) is 27.9 Å². The van der Waals surface area contributed by atoms with Crippen LogP contribution in [-0.4, -0.2) is 16.1 Å². The molecule has 0 spiro atoms. The minimum absolute atomic E-state index is 0. The molecule has 0 fully saturated rings. The summed E-state index contributed by atoms with van der Waals surface area (Å²) in [4.78, 5) is 16.0. The zero-order chi connectivity index (χ0) is 9.26. The summed E-state index contributed by atoms with van der Waals surface area (Å²) in [7, 11) is 0. The highest BCUT2D eigenvalue weighted by atomic mass is 35.5. The Labute approximate surface area is 101 Å². The molecule has 86 valence electrons. The van der Waals surface area contributed by atoms with Gasteiger partial charge in [-0.25, -0.2) is 4.98 Å². The predicted molar refractivity (Wildman–Crippen MR) is 64.1 cm³/mol. The summed E-state index contributed by atoms with van der Waals surface area (Å²) >= 11 is 0. The fourth-order valence-corrected chi connectivity index (χ4v) is 1.62. The molecule has 1 aromatic rings. The van der Waals surface area contributed by atoms with E-state index in [0.717, 1.165) is 30.8 Å². The first-order valence-corrected chi connectivity index (χ1v) is 4.61. The first-order chi connectivity index (χ1) is 6.33. The summed E-state index contributed by atoms with van der Waals surface area (Å²) in [6.07, 6.45) is 2.44. The van der Waals surface area contributed by atoms with E-state index in [1.165, 1.54) is 0 Å². The van der Waals surface area contributed by atoms with Crippen LogP contribution in [0.25, 0.3) is 0 Å². The fourth-order valence-electron chi connectivity index (χ4n) is 1.62. The van der Waals surface area contributed by atoms with Gasteiger partial charge in [-0.3, -0.25) is 9.36 Å². The summed E-state index contributed by atoms with van der Waals surface area (Å²) in [5.74, 6) is 0. The van der Waals surface area contributed by atoms with Crippen molar-refractivity contribution < 1.29 is 0 Å². The van der Waals surface area contributed by atoms with Crippen LogP contribution in [0.5, 0.6) is 0 Å². The lowest BCUT2D eigenvalue weighted by Gasteiger charge is -2.16. The van der Waals surface area contributed by atoms with Gasteiger partial charge in [-0.15, -0.1) is 24.8 Å². The van der Waals surface area contributed by atoms with Gasteiger partial charge in [0.2, 0.25) is 0 Å². The lowest BCUT2D eigenvalue weighted by Crippen LogP contribution is -2.34. The number of aromatic nitrogens is 2. The third-order valence-electron chi connectivity index (χ3n) is 2.41. The molecular formula is C9H15Cl2N3O. The van der Waals surface area contributed by atoms with Crippen LogP contribution < -0.4 is 10.9 Å². The van der Waals surface area contributed by atoms with E-state index in [1.54, 1.807) is 10.9 Å². The standard InChI is InChI=1S/C9H13N3O.2ClH/c1-2-12-6-11-8-5-10-4-3-7(8)9(12)13;;/h6,10H,2-5H2,1H3;2*1H. The number of halogens is 2. The summed E-state index contributed by atoms with van der Waals surface area (Å²) < 4.78 is 1.66. The maximum Gasteiger partial charge on any atom is 0.256 e. The van der Waals surface area contributed by atoms with Crippen LogP contribution in [-0.2, 0) is 19.5 Å². The highest BCUT2D eigenvalue weighted by Gasteiger charge is 2.14. The molecule has 6 heteroatoms. The number of hydrogen-bond acceptors (Lipinski definition) is 3. The average Bonchev–Trinajstić information content (AvgIpc) is 2.19. The first kappa shape index (κ1) is 14.4. The Bertz CT molecular complexity index is 378. The summed E-state index contributed by atoms with van der Waals surface area (Å²) in [6.45, 7) is 4.27. The Hall–Kier alpha value is -0.580. The Morgan fingerprint density at radius 3 is 2.93 bits per heavy atom. The van der Waals surface area contributed by atoms with Crippen molar-refractivity contribution in [3.63, 3.8) is 0 Å². The van der Waals surface area contributed by atoms with E-state index in [2.05, 4.69) is 10.3 Å². The number of rotatable bonds is 1. The number of aryl methyl sites for hydroxylation is 1. The number of nitrogens with one attached hydrogen (secondary N) is 1. The minimum Gasteiger partial charge on any atom is -0.311 e. The van der Waals surface area contributed by atoms with Crippen molar-refractivity contribution in [1.29, 1.82) is 0 Å². The van der Waals surface area contributed by atoms with E-state index in [0.29, 0.717) is 6.54 Å². The number of fused-ring (bicyclic) bond motifs is 1. The van der Waals surface area contributed by atoms with Gasteiger partial charge in [0.25, 0.3) is 5.56 Å². The molecule has 2 heterocycles. The second kappa shape index (κ2) is 6.10. The molecule has 15 heavy (non-hydrogen) atoms. The van der Waals surface area contributed by atoms with Crippen LogP contribution in [0.4, 0.5) is 0 Å². The van der Waals surface area contributed by atoms with Crippen LogP contribution >= 0.6 is 24.8 Å². The second-order valence-corrected chi connectivity index (χ2v) is 3.19. The van der Waals surface area contributed by atoms with Gasteiger partial charge in [0.1, 0.15) is 0 Å². The van der Waals surface area contributed by atoms with Gasteiger partial charge < -0.3 is 5.32 Å². The van der Waals surface area contributed by atoms with Crippen molar-refractivity contribution in [1.82, 2.24) is 14.9 Å². The smallest absolute Gasteiger partial charge is 0.256 e. The third kappa shape index (κ3) is 2.71. The van der Waals surface area contributed by atoms with Crippen LogP contribution in [0.15, 0.2) is 11.1 Å². The van der Waals surface area contributed by atoms with E-state index < -0.39 is 0 Å². The lowest BCUT2D eigenvalue weighted by molar-refractivity contribution is 0.591. The molecule has 0 unspecified atom stereocenters. The van der Waals surface area contributed by atoms with Gasteiger partial charge in [-0.1, -0.05) is 0 Å². The maximum absolute atomic E-state index is 11.7. The topological polar surface area (TPSA) is 46.9 Å². The van der Waals surface area contributed by atoms with Gasteiger partial charge in [0.15, 0.2) is 0 Å². The number of nitrogens with zero attached hydrogens (tertiary/aromatic N) is 2. The molecule has 1 N–H and O–H groups in total. The zero-order valence-corrected chi connectivity index (χ0v) is 10.2. The first-order valence-electron chi connectivity index (χ1n) is 4.61. The Kier molecular flexibility index (Phi) is 5.87. The van der Waals surface area contributed by atoms with Crippen molar-refractivity contribution in [2.75, 3.05) is 6.54 Å². The van der Waals surface area contributed by atoms with Crippen LogP contribution in [0, 0.1) is 0 Å². The Morgan fingerprint density at radius 1 is 1.53 bits per heavy atom. The van der Waals surface area contributed by atoms with Crippen molar-refractivity contribution in [2.24, 2.45) is 0 Å². The minimum atomic E-state index is 0. The van der Waals surface area contributed by atoms with Gasteiger partial charge in [0, 0.05) is 18.7 Å². The molecule has 0 saturated carbocycles. The normalized spacial score (nSPS) is 13.4. The molecule has 1 aromatic heterocycles. The maximum atomic E-state index is 11.7. The van der Waals surface area contributed by atoms with Gasteiger partial charge in [-0.2, -0.15) is 0 Å². The molecule has 2 rings (SSSR count). The molecule has 1 aliphatic heterocycles. The van der Waals surface area contributed by atoms with Gasteiger partial charge in [-0.05, 0) is 19.9 Å². The van der Waals surface area contributed by atoms with E-state index in [4.69, 9.17) is 0 Å².